The van der Waals surface area contributed by atoms with E-state index in [2.05, 4.69) is 25.9 Å². The van der Waals surface area contributed by atoms with Crippen molar-refractivity contribution in [1.82, 2.24) is 9.97 Å². The summed E-state index contributed by atoms with van der Waals surface area (Å²) in [4.78, 5) is 7.35. The SMILES string of the molecule is Cc1[nH]c(-c2cccc(Br)c2)nc1N. The van der Waals surface area contributed by atoms with Gasteiger partial charge < -0.3 is 10.7 Å². The first kappa shape index (κ1) is 9.27. The van der Waals surface area contributed by atoms with Crippen LogP contribution in [0.1, 0.15) is 5.69 Å². The van der Waals surface area contributed by atoms with Gasteiger partial charge in [-0.3, -0.25) is 0 Å². The van der Waals surface area contributed by atoms with Crippen LogP contribution < -0.4 is 5.73 Å². The average Bonchev–Trinajstić information content (AvgIpc) is 2.47. The summed E-state index contributed by atoms with van der Waals surface area (Å²) in [5.41, 5.74) is 7.59. The second-order valence-electron chi connectivity index (χ2n) is 3.11. The fraction of sp³-hybridized carbons (Fsp3) is 0.100. The molecule has 2 aromatic rings. The fourth-order valence-electron chi connectivity index (χ4n) is 1.25. The van der Waals surface area contributed by atoms with Gasteiger partial charge in [-0.2, -0.15) is 0 Å². The van der Waals surface area contributed by atoms with Gasteiger partial charge in [0.1, 0.15) is 11.6 Å². The number of aromatic amines is 1. The van der Waals surface area contributed by atoms with E-state index in [-0.39, 0.29) is 0 Å². The summed E-state index contributed by atoms with van der Waals surface area (Å²) in [6, 6.07) is 7.93. The van der Waals surface area contributed by atoms with Crippen molar-refractivity contribution in [2.75, 3.05) is 5.73 Å². The van der Waals surface area contributed by atoms with E-state index in [4.69, 9.17) is 5.73 Å². The normalized spacial score (nSPS) is 10.4. The maximum Gasteiger partial charge on any atom is 0.145 e. The van der Waals surface area contributed by atoms with Crippen LogP contribution in [0.2, 0.25) is 0 Å². The van der Waals surface area contributed by atoms with Gasteiger partial charge in [0.15, 0.2) is 0 Å². The lowest BCUT2D eigenvalue weighted by molar-refractivity contribution is 1.25. The third-order valence-corrected chi connectivity index (χ3v) is 2.51. The predicted octanol–water partition coefficient (Wildman–Crippen LogP) is 2.73. The summed E-state index contributed by atoms with van der Waals surface area (Å²) < 4.78 is 1.03. The number of hydrogen-bond donors (Lipinski definition) is 2. The Balaban J connectivity index is 2.49. The quantitative estimate of drug-likeness (QED) is 0.819. The first-order valence-electron chi connectivity index (χ1n) is 4.25. The van der Waals surface area contributed by atoms with Gasteiger partial charge in [-0.25, -0.2) is 4.98 Å². The summed E-state index contributed by atoms with van der Waals surface area (Å²) in [6.45, 7) is 1.91. The van der Waals surface area contributed by atoms with Gasteiger partial charge in [0.2, 0.25) is 0 Å². The highest BCUT2D eigenvalue weighted by molar-refractivity contribution is 9.10. The van der Waals surface area contributed by atoms with Gasteiger partial charge >= 0.3 is 0 Å². The van der Waals surface area contributed by atoms with Gasteiger partial charge in [-0.1, -0.05) is 28.1 Å². The molecule has 1 heterocycles. The van der Waals surface area contributed by atoms with Crippen LogP contribution in [0, 0.1) is 6.92 Å². The molecule has 0 aliphatic rings. The largest absolute Gasteiger partial charge is 0.382 e. The zero-order valence-corrected chi connectivity index (χ0v) is 9.30. The van der Waals surface area contributed by atoms with Crippen molar-refractivity contribution in [1.29, 1.82) is 0 Å². The maximum atomic E-state index is 5.66. The number of nitrogens with one attached hydrogen (secondary N) is 1. The van der Waals surface area contributed by atoms with Crippen LogP contribution in [0.3, 0.4) is 0 Å². The number of nitrogens with zero attached hydrogens (tertiary/aromatic N) is 1. The molecular weight excluding hydrogens is 242 g/mol. The Hall–Kier alpha value is -1.29. The Morgan fingerprint density at radius 2 is 2.21 bits per heavy atom. The van der Waals surface area contributed by atoms with Crippen molar-refractivity contribution in [3.05, 3.63) is 34.4 Å². The molecule has 3 N–H and O–H groups in total. The first-order valence-corrected chi connectivity index (χ1v) is 5.04. The summed E-state index contributed by atoms with van der Waals surface area (Å²) in [5.74, 6) is 1.36. The van der Waals surface area contributed by atoms with E-state index in [1.165, 1.54) is 0 Å². The molecule has 0 aliphatic carbocycles. The molecule has 0 atom stereocenters. The van der Waals surface area contributed by atoms with E-state index in [0.29, 0.717) is 5.82 Å². The van der Waals surface area contributed by atoms with E-state index in [1.807, 2.05) is 31.2 Å². The maximum absolute atomic E-state index is 5.66. The van der Waals surface area contributed by atoms with Crippen LogP contribution >= 0.6 is 15.9 Å². The smallest absolute Gasteiger partial charge is 0.145 e. The van der Waals surface area contributed by atoms with Crippen LogP contribution in [0.25, 0.3) is 11.4 Å². The third kappa shape index (κ3) is 1.65. The van der Waals surface area contributed by atoms with Crippen LogP contribution in [-0.2, 0) is 0 Å². The Morgan fingerprint density at radius 1 is 1.43 bits per heavy atom. The molecule has 0 saturated heterocycles. The number of aryl methyl sites for hydroxylation is 1. The van der Waals surface area contributed by atoms with Crippen LogP contribution in [0.15, 0.2) is 28.7 Å². The number of hydrogen-bond acceptors (Lipinski definition) is 2. The zero-order valence-electron chi connectivity index (χ0n) is 7.71. The van der Waals surface area contributed by atoms with Crippen molar-refractivity contribution in [3.63, 3.8) is 0 Å². The van der Waals surface area contributed by atoms with Crippen molar-refractivity contribution >= 4 is 21.7 Å². The van der Waals surface area contributed by atoms with Crippen LogP contribution in [-0.4, -0.2) is 9.97 Å². The Morgan fingerprint density at radius 3 is 2.79 bits per heavy atom. The second-order valence-corrected chi connectivity index (χ2v) is 4.02. The topological polar surface area (TPSA) is 54.7 Å². The average molecular weight is 252 g/mol. The van der Waals surface area contributed by atoms with E-state index >= 15 is 0 Å². The number of H-pyrrole nitrogens is 1. The molecule has 0 amide bonds. The molecule has 0 spiro atoms. The number of rotatable bonds is 1. The van der Waals surface area contributed by atoms with Gasteiger partial charge in [0, 0.05) is 10.0 Å². The molecule has 1 aromatic heterocycles. The summed E-state index contributed by atoms with van der Waals surface area (Å²) in [7, 11) is 0. The van der Waals surface area contributed by atoms with E-state index < -0.39 is 0 Å². The van der Waals surface area contributed by atoms with E-state index in [9.17, 15) is 0 Å². The lowest BCUT2D eigenvalue weighted by Gasteiger charge is -1.96. The van der Waals surface area contributed by atoms with Gasteiger partial charge in [-0.15, -0.1) is 0 Å². The van der Waals surface area contributed by atoms with Crippen molar-refractivity contribution in [2.24, 2.45) is 0 Å². The molecule has 2 rings (SSSR count). The molecule has 1 aromatic carbocycles. The Kier molecular flexibility index (Phi) is 2.29. The summed E-state index contributed by atoms with van der Waals surface area (Å²) in [5, 5.41) is 0. The molecular formula is C10H10BrN3. The van der Waals surface area contributed by atoms with Crippen LogP contribution in [0.5, 0.6) is 0 Å². The number of anilines is 1. The first-order chi connectivity index (χ1) is 6.66. The molecule has 4 heteroatoms. The molecule has 0 bridgehead atoms. The van der Waals surface area contributed by atoms with Crippen molar-refractivity contribution < 1.29 is 0 Å². The van der Waals surface area contributed by atoms with E-state index in [1.54, 1.807) is 0 Å². The number of imidazole rings is 1. The highest BCUT2D eigenvalue weighted by Gasteiger charge is 2.05. The molecule has 0 unspecified atom stereocenters. The Labute approximate surface area is 90.5 Å². The molecule has 0 fully saturated rings. The number of aromatic nitrogens is 2. The highest BCUT2D eigenvalue weighted by atomic mass is 79.9. The molecule has 3 nitrogen and oxygen atoms in total. The molecule has 0 saturated carbocycles. The van der Waals surface area contributed by atoms with Gasteiger partial charge in [0.05, 0.1) is 5.69 Å². The summed E-state index contributed by atoms with van der Waals surface area (Å²) >= 11 is 3.41. The Bertz CT molecular complexity index is 443. The third-order valence-electron chi connectivity index (χ3n) is 2.02. The molecule has 0 aliphatic heterocycles. The lowest BCUT2D eigenvalue weighted by Crippen LogP contribution is -1.86. The van der Waals surface area contributed by atoms with Gasteiger partial charge in [-0.05, 0) is 19.1 Å². The standard InChI is InChI=1S/C10H10BrN3/c1-6-9(12)14-10(13-6)7-3-2-4-8(11)5-7/h2-5H,12H2,1H3,(H,13,14). The summed E-state index contributed by atoms with van der Waals surface area (Å²) in [6.07, 6.45) is 0. The number of halogens is 1. The van der Waals surface area contributed by atoms with Crippen LogP contribution in [0.4, 0.5) is 5.82 Å². The predicted molar refractivity (Wildman–Crippen MR) is 60.9 cm³/mol. The zero-order chi connectivity index (χ0) is 10.1. The molecule has 14 heavy (non-hydrogen) atoms. The minimum absolute atomic E-state index is 0.556. The fourth-order valence-corrected chi connectivity index (χ4v) is 1.65. The second kappa shape index (κ2) is 3.46. The number of nitrogens with two attached hydrogens (primary N) is 1. The number of benzene rings is 1. The van der Waals surface area contributed by atoms with Gasteiger partial charge in [0.25, 0.3) is 0 Å². The minimum atomic E-state index is 0.556. The molecule has 72 valence electrons. The number of nitrogen functional groups attached to an aromatic ring is 1. The highest BCUT2D eigenvalue weighted by Crippen LogP contribution is 2.22. The molecule has 0 radical (unpaired) electrons. The van der Waals surface area contributed by atoms with E-state index in [0.717, 1.165) is 21.6 Å². The minimum Gasteiger partial charge on any atom is -0.382 e. The van der Waals surface area contributed by atoms with Crippen molar-refractivity contribution in [3.8, 4) is 11.4 Å². The monoisotopic (exact) mass is 251 g/mol. The van der Waals surface area contributed by atoms with Crippen molar-refractivity contribution in [2.45, 2.75) is 6.92 Å². The lowest BCUT2D eigenvalue weighted by atomic mass is 10.2.